The third-order valence-corrected chi connectivity index (χ3v) is 4.34. The summed E-state index contributed by atoms with van der Waals surface area (Å²) in [7, 11) is 0. The Kier molecular flexibility index (Phi) is 4.66. The van der Waals surface area contributed by atoms with Gasteiger partial charge in [0.2, 0.25) is 0 Å². The highest BCUT2D eigenvalue weighted by Gasteiger charge is 2.10. The lowest BCUT2D eigenvalue weighted by Gasteiger charge is -2.09. The first-order valence-corrected chi connectivity index (χ1v) is 7.46. The van der Waals surface area contributed by atoms with Crippen LogP contribution in [-0.4, -0.2) is 5.91 Å². The average Bonchev–Trinajstić information content (AvgIpc) is 2.33. The molecule has 0 aromatic heterocycles. The van der Waals surface area contributed by atoms with Crippen molar-refractivity contribution in [1.82, 2.24) is 0 Å². The van der Waals surface area contributed by atoms with Gasteiger partial charge in [0.25, 0.3) is 5.91 Å². The third-order valence-electron chi connectivity index (χ3n) is 2.61. The third kappa shape index (κ3) is 3.59. The molecule has 0 aliphatic carbocycles. The molecule has 1 amide bonds. The minimum absolute atomic E-state index is 0.150. The van der Waals surface area contributed by atoms with E-state index in [0.29, 0.717) is 16.3 Å². The summed E-state index contributed by atoms with van der Waals surface area (Å²) in [5.74, 6) is -0.150. The largest absolute Gasteiger partial charge is 0.322 e. The van der Waals surface area contributed by atoms with E-state index in [1.165, 1.54) is 0 Å². The van der Waals surface area contributed by atoms with Crippen LogP contribution in [0.1, 0.15) is 15.9 Å². The Morgan fingerprint density at radius 2 is 1.89 bits per heavy atom. The molecule has 5 heteroatoms. The van der Waals surface area contributed by atoms with Gasteiger partial charge in [-0.05, 0) is 64.8 Å². The summed E-state index contributed by atoms with van der Waals surface area (Å²) in [6, 6.07) is 10.8. The maximum atomic E-state index is 12.2. The van der Waals surface area contributed by atoms with E-state index in [1.54, 1.807) is 24.3 Å². The molecule has 0 radical (unpaired) electrons. The molecule has 2 rings (SSSR count). The molecule has 0 saturated heterocycles. The van der Waals surface area contributed by atoms with Gasteiger partial charge in [-0.2, -0.15) is 0 Å². The van der Waals surface area contributed by atoms with Crippen molar-refractivity contribution in [3.8, 4) is 0 Å². The number of halogens is 3. The SMILES string of the molecule is Cc1cc(Br)ccc1C(=O)Nc1ccc(Br)c(Cl)c1. The fourth-order valence-electron chi connectivity index (χ4n) is 1.65. The van der Waals surface area contributed by atoms with Gasteiger partial charge in [0, 0.05) is 20.2 Å². The molecule has 0 atom stereocenters. The Morgan fingerprint density at radius 3 is 2.53 bits per heavy atom. The standard InChI is InChI=1S/C14H10Br2ClNO/c1-8-6-9(15)2-4-11(8)14(19)18-10-3-5-12(16)13(17)7-10/h2-7H,1H3,(H,18,19). The van der Waals surface area contributed by atoms with Crippen LogP contribution >= 0.6 is 43.5 Å². The summed E-state index contributed by atoms with van der Waals surface area (Å²) < 4.78 is 1.75. The van der Waals surface area contributed by atoms with E-state index in [2.05, 4.69) is 37.2 Å². The fraction of sp³-hybridized carbons (Fsp3) is 0.0714. The zero-order chi connectivity index (χ0) is 14.0. The number of aryl methyl sites for hydroxylation is 1. The second kappa shape index (κ2) is 6.07. The number of carbonyl (C=O) groups excluding carboxylic acids is 1. The first-order valence-electron chi connectivity index (χ1n) is 5.50. The number of anilines is 1. The molecule has 0 fully saturated rings. The molecule has 2 aromatic carbocycles. The van der Waals surface area contributed by atoms with Crippen LogP contribution in [0.15, 0.2) is 45.3 Å². The molecule has 0 unspecified atom stereocenters. The van der Waals surface area contributed by atoms with E-state index in [4.69, 9.17) is 11.6 Å². The molecule has 98 valence electrons. The van der Waals surface area contributed by atoms with Crippen LogP contribution < -0.4 is 5.32 Å². The zero-order valence-electron chi connectivity index (χ0n) is 10.0. The average molecular weight is 404 g/mol. The molecule has 19 heavy (non-hydrogen) atoms. The van der Waals surface area contributed by atoms with Crippen molar-refractivity contribution in [2.75, 3.05) is 5.32 Å². The van der Waals surface area contributed by atoms with Gasteiger partial charge in [-0.15, -0.1) is 0 Å². The maximum Gasteiger partial charge on any atom is 0.255 e. The molecule has 2 nitrogen and oxygen atoms in total. The van der Waals surface area contributed by atoms with E-state index >= 15 is 0 Å². The minimum atomic E-state index is -0.150. The minimum Gasteiger partial charge on any atom is -0.322 e. The van der Waals surface area contributed by atoms with Crippen molar-refractivity contribution in [2.24, 2.45) is 0 Å². The van der Waals surface area contributed by atoms with E-state index in [-0.39, 0.29) is 5.91 Å². The predicted octanol–water partition coefficient (Wildman–Crippen LogP) is 5.43. The highest BCUT2D eigenvalue weighted by molar-refractivity contribution is 9.10. The molecule has 2 aromatic rings. The first kappa shape index (κ1) is 14.6. The van der Waals surface area contributed by atoms with Crippen molar-refractivity contribution < 1.29 is 4.79 Å². The Hall–Kier alpha value is -0.840. The molecule has 0 bridgehead atoms. The molecular formula is C14H10Br2ClNO. The fourth-order valence-corrected chi connectivity index (χ4v) is 2.56. The Bertz CT molecular complexity index is 643. The van der Waals surface area contributed by atoms with Crippen LogP contribution in [0.2, 0.25) is 5.02 Å². The maximum absolute atomic E-state index is 12.2. The lowest BCUT2D eigenvalue weighted by atomic mass is 10.1. The highest BCUT2D eigenvalue weighted by Crippen LogP contribution is 2.26. The Morgan fingerprint density at radius 1 is 1.16 bits per heavy atom. The van der Waals surface area contributed by atoms with Gasteiger partial charge >= 0.3 is 0 Å². The topological polar surface area (TPSA) is 29.1 Å². The van der Waals surface area contributed by atoms with Crippen LogP contribution in [0.5, 0.6) is 0 Å². The number of amides is 1. The van der Waals surface area contributed by atoms with Crippen LogP contribution in [0, 0.1) is 6.92 Å². The summed E-state index contributed by atoms with van der Waals surface area (Å²) in [5.41, 5.74) is 2.22. The van der Waals surface area contributed by atoms with Gasteiger partial charge in [0.15, 0.2) is 0 Å². The second-order valence-corrected chi connectivity index (χ2v) is 6.22. The van der Waals surface area contributed by atoms with Crippen LogP contribution in [0.25, 0.3) is 0 Å². The molecule has 1 N–H and O–H groups in total. The lowest BCUT2D eigenvalue weighted by Crippen LogP contribution is -2.13. The molecule has 0 aliphatic rings. The second-order valence-electron chi connectivity index (χ2n) is 4.04. The normalized spacial score (nSPS) is 10.3. The monoisotopic (exact) mass is 401 g/mol. The van der Waals surface area contributed by atoms with Crippen molar-refractivity contribution in [1.29, 1.82) is 0 Å². The highest BCUT2D eigenvalue weighted by atomic mass is 79.9. The van der Waals surface area contributed by atoms with Crippen molar-refractivity contribution in [2.45, 2.75) is 6.92 Å². The molecule has 0 aliphatic heterocycles. The molecule has 0 spiro atoms. The predicted molar refractivity (Wildman–Crippen MR) is 86.0 cm³/mol. The summed E-state index contributed by atoms with van der Waals surface area (Å²) >= 11 is 12.7. The van der Waals surface area contributed by atoms with Crippen molar-refractivity contribution in [3.05, 3.63) is 61.5 Å². The molecule has 0 heterocycles. The van der Waals surface area contributed by atoms with Crippen LogP contribution in [0.4, 0.5) is 5.69 Å². The summed E-state index contributed by atoms with van der Waals surface area (Å²) in [6.07, 6.45) is 0. The molecular weight excluding hydrogens is 393 g/mol. The summed E-state index contributed by atoms with van der Waals surface area (Å²) in [5, 5.41) is 3.39. The van der Waals surface area contributed by atoms with E-state index in [1.807, 2.05) is 19.1 Å². The molecule has 0 saturated carbocycles. The number of rotatable bonds is 2. The summed E-state index contributed by atoms with van der Waals surface area (Å²) in [6.45, 7) is 1.90. The van der Waals surface area contributed by atoms with Gasteiger partial charge in [-0.25, -0.2) is 0 Å². The Labute approximate surface area is 133 Å². The lowest BCUT2D eigenvalue weighted by molar-refractivity contribution is 0.102. The summed E-state index contributed by atoms with van der Waals surface area (Å²) in [4.78, 5) is 12.2. The van der Waals surface area contributed by atoms with E-state index in [9.17, 15) is 4.79 Å². The zero-order valence-corrected chi connectivity index (χ0v) is 13.9. The number of benzene rings is 2. The number of carbonyl (C=O) groups is 1. The van der Waals surface area contributed by atoms with Gasteiger partial charge in [-0.1, -0.05) is 27.5 Å². The van der Waals surface area contributed by atoms with Crippen molar-refractivity contribution in [3.63, 3.8) is 0 Å². The number of hydrogen-bond acceptors (Lipinski definition) is 1. The Balaban J connectivity index is 2.23. The number of nitrogens with one attached hydrogen (secondary N) is 1. The quantitative estimate of drug-likeness (QED) is 0.712. The van der Waals surface area contributed by atoms with E-state index < -0.39 is 0 Å². The van der Waals surface area contributed by atoms with Gasteiger partial charge in [0.05, 0.1) is 5.02 Å². The van der Waals surface area contributed by atoms with Crippen LogP contribution in [0.3, 0.4) is 0 Å². The van der Waals surface area contributed by atoms with E-state index in [0.717, 1.165) is 14.5 Å². The first-order chi connectivity index (χ1) is 8.97. The van der Waals surface area contributed by atoms with Gasteiger partial charge < -0.3 is 5.32 Å². The smallest absolute Gasteiger partial charge is 0.255 e. The number of hydrogen-bond donors (Lipinski definition) is 1. The van der Waals surface area contributed by atoms with Gasteiger partial charge in [-0.3, -0.25) is 4.79 Å². The van der Waals surface area contributed by atoms with Gasteiger partial charge in [0.1, 0.15) is 0 Å². The van der Waals surface area contributed by atoms with Crippen molar-refractivity contribution >= 4 is 55.1 Å². The van der Waals surface area contributed by atoms with Crippen LogP contribution in [-0.2, 0) is 0 Å².